The van der Waals surface area contributed by atoms with Gasteiger partial charge in [-0.2, -0.15) is 0 Å². The average Bonchev–Trinajstić information content (AvgIpc) is 2.13. The maximum absolute atomic E-state index is 4.38. The maximum Gasteiger partial charge on any atom is 0.130 e. The molecule has 0 spiro atoms. The van der Waals surface area contributed by atoms with Crippen molar-refractivity contribution in [3.63, 3.8) is 0 Å². The molecule has 0 aromatic carbocycles. The number of hydrogen-bond donors (Lipinski definition) is 1. The van der Waals surface area contributed by atoms with Crippen molar-refractivity contribution >= 4 is 21.7 Å². The molecule has 4 nitrogen and oxygen atoms in total. The third kappa shape index (κ3) is 2.77. The van der Waals surface area contributed by atoms with Crippen LogP contribution in [0.1, 0.15) is 25.1 Å². The first-order valence-electron chi connectivity index (χ1n) is 5.94. The lowest BCUT2D eigenvalue weighted by atomic mass is 9.75. The molecule has 0 atom stereocenters. The molecule has 0 radical (unpaired) electrons. The minimum absolute atomic E-state index is 0.311. The van der Waals surface area contributed by atoms with Crippen LogP contribution in [0.15, 0.2) is 10.7 Å². The van der Waals surface area contributed by atoms with E-state index in [1.807, 2.05) is 13.0 Å². The van der Waals surface area contributed by atoms with Crippen LogP contribution >= 0.6 is 15.9 Å². The Morgan fingerprint density at radius 3 is 2.59 bits per heavy atom. The molecule has 1 heterocycles. The van der Waals surface area contributed by atoms with Gasteiger partial charge in [0.25, 0.3) is 0 Å². The van der Waals surface area contributed by atoms with Crippen molar-refractivity contribution in [1.29, 1.82) is 0 Å². The number of anilines is 1. The van der Waals surface area contributed by atoms with Gasteiger partial charge in [-0.3, -0.25) is 0 Å². The molecule has 1 aromatic rings. The van der Waals surface area contributed by atoms with Gasteiger partial charge in [0, 0.05) is 18.2 Å². The van der Waals surface area contributed by atoms with Gasteiger partial charge in [0.05, 0.1) is 0 Å². The number of rotatable bonds is 4. The summed E-state index contributed by atoms with van der Waals surface area (Å²) in [7, 11) is 4.31. The molecule has 1 aliphatic carbocycles. The fraction of sp³-hybridized carbons (Fsp3) is 0.667. The molecule has 17 heavy (non-hydrogen) atoms. The van der Waals surface area contributed by atoms with Crippen molar-refractivity contribution in [3.05, 3.63) is 16.5 Å². The number of aromatic nitrogens is 2. The first kappa shape index (κ1) is 12.8. The standard InChI is InChI=1S/C12H19BrN4/c1-9-15-10(13)7-11(16-9)14-8-12(17(2)3)5-4-6-12/h7H,4-6,8H2,1-3H3,(H,14,15,16). The van der Waals surface area contributed by atoms with Crippen molar-refractivity contribution in [1.82, 2.24) is 14.9 Å². The summed E-state index contributed by atoms with van der Waals surface area (Å²) in [5, 5.41) is 3.43. The van der Waals surface area contributed by atoms with Crippen LogP contribution in [0, 0.1) is 6.92 Å². The number of likely N-dealkylation sites (N-methyl/N-ethyl adjacent to an activating group) is 1. The SMILES string of the molecule is Cc1nc(Br)cc(NCC2(N(C)C)CCC2)n1. The van der Waals surface area contributed by atoms with Gasteiger partial charge in [0.1, 0.15) is 16.2 Å². The number of aryl methyl sites for hydroxylation is 1. The van der Waals surface area contributed by atoms with Crippen LogP contribution in [0.3, 0.4) is 0 Å². The van der Waals surface area contributed by atoms with Crippen LogP contribution in [0.2, 0.25) is 0 Å². The summed E-state index contributed by atoms with van der Waals surface area (Å²) in [6.07, 6.45) is 3.85. The molecule has 0 unspecified atom stereocenters. The zero-order chi connectivity index (χ0) is 12.5. The Morgan fingerprint density at radius 2 is 2.12 bits per heavy atom. The van der Waals surface area contributed by atoms with Crippen molar-refractivity contribution in [2.24, 2.45) is 0 Å². The molecular weight excluding hydrogens is 280 g/mol. The van der Waals surface area contributed by atoms with Gasteiger partial charge in [-0.05, 0) is 56.2 Å². The van der Waals surface area contributed by atoms with Crippen molar-refractivity contribution in [2.75, 3.05) is 26.0 Å². The number of nitrogens with one attached hydrogen (secondary N) is 1. The lowest BCUT2D eigenvalue weighted by Gasteiger charge is -2.47. The smallest absolute Gasteiger partial charge is 0.130 e. The summed E-state index contributed by atoms with van der Waals surface area (Å²) in [5.41, 5.74) is 0.311. The van der Waals surface area contributed by atoms with Crippen molar-refractivity contribution in [3.8, 4) is 0 Å². The molecule has 1 saturated carbocycles. The Labute approximate surface area is 111 Å². The van der Waals surface area contributed by atoms with E-state index in [-0.39, 0.29) is 0 Å². The normalized spacial score (nSPS) is 17.9. The summed E-state index contributed by atoms with van der Waals surface area (Å²) in [5.74, 6) is 1.69. The summed E-state index contributed by atoms with van der Waals surface area (Å²) < 4.78 is 0.833. The summed E-state index contributed by atoms with van der Waals surface area (Å²) in [6, 6.07) is 1.93. The van der Waals surface area contributed by atoms with E-state index in [9.17, 15) is 0 Å². The molecular formula is C12H19BrN4. The molecule has 0 bridgehead atoms. The monoisotopic (exact) mass is 298 g/mol. The molecule has 5 heteroatoms. The van der Waals surface area contributed by atoms with Crippen LogP contribution in [-0.2, 0) is 0 Å². The highest BCUT2D eigenvalue weighted by Crippen LogP contribution is 2.36. The number of halogens is 1. The van der Waals surface area contributed by atoms with E-state index in [0.29, 0.717) is 5.54 Å². The largest absolute Gasteiger partial charge is 0.368 e. The molecule has 1 aromatic heterocycles. The summed E-state index contributed by atoms with van der Waals surface area (Å²) >= 11 is 3.39. The van der Waals surface area contributed by atoms with E-state index >= 15 is 0 Å². The number of nitrogens with zero attached hydrogens (tertiary/aromatic N) is 3. The summed E-state index contributed by atoms with van der Waals surface area (Å²) in [4.78, 5) is 10.9. The van der Waals surface area contributed by atoms with Gasteiger partial charge in [-0.25, -0.2) is 9.97 Å². The lowest BCUT2D eigenvalue weighted by Crippen LogP contribution is -2.54. The predicted octanol–water partition coefficient (Wildman–Crippen LogP) is 2.44. The second kappa shape index (κ2) is 4.90. The van der Waals surface area contributed by atoms with Crippen LogP contribution < -0.4 is 5.32 Å². The molecule has 1 N–H and O–H groups in total. The Kier molecular flexibility index (Phi) is 3.68. The quantitative estimate of drug-likeness (QED) is 0.867. The van der Waals surface area contributed by atoms with Crippen LogP contribution in [0.4, 0.5) is 5.82 Å². The molecule has 0 aliphatic heterocycles. The second-order valence-corrected chi connectivity index (χ2v) is 5.76. The minimum atomic E-state index is 0.311. The molecule has 1 aliphatic rings. The second-order valence-electron chi connectivity index (χ2n) is 4.95. The molecule has 2 rings (SSSR count). The van der Waals surface area contributed by atoms with E-state index in [4.69, 9.17) is 0 Å². The van der Waals surface area contributed by atoms with Gasteiger partial charge in [0.2, 0.25) is 0 Å². The highest BCUT2D eigenvalue weighted by molar-refractivity contribution is 9.10. The highest BCUT2D eigenvalue weighted by Gasteiger charge is 2.38. The molecule has 0 amide bonds. The van der Waals surface area contributed by atoms with E-state index in [0.717, 1.165) is 22.8 Å². The molecule has 94 valence electrons. The molecule has 1 fully saturated rings. The van der Waals surface area contributed by atoms with Crippen molar-refractivity contribution in [2.45, 2.75) is 31.7 Å². The van der Waals surface area contributed by atoms with Gasteiger partial charge in [-0.1, -0.05) is 0 Å². The summed E-state index contributed by atoms with van der Waals surface area (Å²) in [6.45, 7) is 2.85. The van der Waals surface area contributed by atoms with E-state index in [1.54, 1.807) is 0 Å². The van der Waals surface area contributed by atoms with Gasteiger partial charge in [-0.15, -0.1) is 0 Å². The third-order valence-electron chi connectivity index (χ3n) is 3.64. The zero-order valence-electron chi connectivity index (χ0n) is 10.6. The van der Waals surface area contributed by atoms with E-state index in [2.05, 4.69) is 50.2 Å². The fourth-order valence-electron chi connectivity index (χ4n) is 2.24. The Hall–Kier alpha value is -0.680. The Bertz CT molecular complexity index is 381. The number of hydrogen-bond acceptors (Lipinski definition) is 4. The van der Waals surface area contributed by atoms with Gasteiger partial charge in [0.15, 0.2) is 0 Å². The van der Waals surface area contributed by atoms with Gasteiger partial charge < -0.3 is 10.2 Å². The first-order valence-corrected chi connectivity index (χ1v) is 6.74. The van der Waals surface area contributed by atoms with E-state index in [1.165, 1.54) is 19.3 Å². The van der Waals surface area contributed by atoms with Crippen LogP contribution in [0.5, 0.6) is 0 Å². The van der Waals surface area contributed by atoms with Crippen molar-refractivity contribution < 1.29 is 0 Å². The average molecular weight is 299 g/mol. The van der Waals surface area contributed by atoms with Crippen LogP contribution in [0.25, 0.3) is 0 Å². The topological polar surface area (TPSA) is 41.1 Å². The first-order chi connectivity index (χ1) is 8.02. The minimum Gasteiger partial charge on any atom is -0.368 e. The maximum atomic E-state index is 4.38. The molecule has 0 saturated heterocycles. The lowest BCUT2D eigenvalue weighted by molar-refractivity contribution is 0.0738. The van der Waals surface area contributed by atoms with Gasteiger partial charge >= 0.3 is 0 Å². The fourth-order valence-corrected chi connectivity index (χ4v) is 2.72. The van der Waals surface area contributed by atoms with Crippen LogP contribution in [-0.4, -0.2) is 41.0 Å². The third-order valence-corrected chi connectivity index (χ3v) is 4.04. The zero-order valence-corrected chi connectivity index (χ0v) is 12.2. The predicted molar refractivity (Wildman–Crippen MR) is 73.2 cm³/mol. The van der Waals surface area contributed by atoms with E-state index < -0.39 is 0 Å². The Morgan fingerprint density at radius 1 is 1.41 bits per heavy atom. The highest BCUT2D eigenvalue weighted by atomic mass is 79.9. The Balaban J connectivity index is 2.02.